The number of halogens is 3. The van der Waals surface area contributed by atoms with Gasteiger partial charge in [-0.2, -0.15) is 13.2 Å². The van der Waals surface area contributed by atoms with E-state index < -0.39 is 17.8 Å². The summed E-state index contributed by atoms with van der Waals surface area (Å²) in [6.45, 7) is 3.23. The van der Waals surface area contributed by atoms with Gasteiger partial charge >= 0.3 is 12.2 Å². The van der Waals surface area contributed by atoms with Crippen LogP contribution in [0.15, 0.2) is 22.7 Å². The van der Waals surface area contributed by atoms with Gasteiger partial charge in [0.25, 0.3) is 5.89 Å². The van der Waals surface area contributed by atoms with Crippen molar-refractivity contribution in [1.82, 2.24) is 20.1 Å². The van der Waals surface area contributed by atoms with E-state index in [1.807, 2.05) is 4.90 Å². The molecule has 0 aromatic carbocycles. The number of anilines is 1. The first-order valence-electron chi connectivity index (χ1n) is 9.18. The van der Waals surface area contributed by atoms with Crippen molar-refractivity contribution in [1.29, 1.82) is 0 Å². The molecule has 1 atom stereocenters. The molecule has 10 heteroatoms. The maximum Gasteiger partial charge on any atom is 0.417 e. The fourth-order valence-electron chi connectivity index (χ4n) is 3.47. The second kappa shape index (κ2) is 6.75. The lowest BCUT2D eigenvalue weighted by Gasteiger charge is -2.33. The maximum atomic E-state index is 12.6. The van der Waals surface area contributed by atoms with E-state index in [1.54, 1.807) is 6.92 Å². The SMILES string of the molecule is C[C@H](Nc1nnc(-c2ccc(C(F)(F)F)cn2)o1)C(=O)N1CCC2(CC1)CC2. The summed E-state index contributed by atoms with van der Waals surface area (Å²) in [5.41, 5.74) is -0.245. The van der Waals surface area contributed by atoms with E-state index in [-0.39, 0.29) is 23.5 Å². The Labute approximate surface area is 159 Å². The maximum absolute atomic E-state index is 12.6. The molecule has 0 radical (unpaired) electrons. The van der Waals surface area contributed by atoms with Gasteiger partial charge in [-0.1, -0.05) is 5.10 Å². The average Bonchev–Trinajstić information content (AvgIpc) is 3.25. The number of rotatable bonds is 4. The van der Waals surface area contributed by atoms with Crippen LogP contribution in [0, 0.1) is 5.41 Å². The van der Waals surface area contributed by atoms with E-state index in [0.29, 0.717) is 11.6 Å². The smallest absolute Gasteiger partial charge is 0.402 e. The van der Waals surface area contributed by atoms with Crippen molar-refractivity contribution in [3.63, 3.8) is 0 Å². The van der Waals surface area contributed by atoms with Crippen molar-refractivity contribution >= 4 is 11.9 Å². The molecule has 150 valence electrons. The molecular weight excluding hydrogens is 375 g/mol. The Hall–Kier alpha value is -2.65. The highest BCUT2D eigenvalue weighted by atomic mass is 19.4. The summed E-state index contributed by atoms with van der Waals surface area (Å²) in [6.07, 6.45) is 0.890. The van der Waals surface area contributed by atoms with E-state index in [2.05, 4.69) is 20.5 Å². The number of carbonyl (C=O) groups excluding carboxylic acids is 1. The van der Waals surface area contributed by atoms with Crippen LogP contribution < -0.4 is 5.32 Å². The van der Waals surface area contributed by atoms with Crippen molar-refractivity contribution in [2.24, 2.45) is 5.41 Å². The molecule has 4 rings (SSSR count). The molecule has 1 N–H and O–H groups in total. The zero-order chi connectivity index (χ0) is 19.9. The van der Waals surface area contributed by atoms with Crippen LogP contribution in [0.5, 0.6) is 0 Å². The average molecular weight is 395 g/mol. The molecule has 2 aromatic rings. The van der Waals surface area contributed by atoms with Crippen molar-refractivity contribution in [2.75, 3.05) is 18.4 Å². The topological polar surface area (TPSA) is 84.1 Å². The Morgan fingerprint density at radius 3 is 2.50 bits per heavy atom. The van der Waals surface area contributed by atoms with Gasteiger partial charge in [-0.3, -0.25) is 9.78 Å². The fourth-order valence-corrected chi connectivity index (χ4v) is 3.47. The van der Waals surface area contributed by atoms with Crippen LogP contribution in [-0.4, -0.2) is 45.1 Å². The number of nitrogens with zero attached hydrogens (tertiary/aromatic N) is 4. The number of likely N-dealkylation sites (tertiary alicyclic amines) is 1. The zero-order valence-electron chi connectivity index (χ0n) is 15.3. The van der Waals surface area contributed by atoms with Gasteiger partial charge in [0.05, 0.1) is 5.56 Å². The number of carbonyl (C=O) groups is 1. The number of piperidine rings is 1. The standard InChI is InChI=1S/C18H20F3N5O2/c1-11(15(27)26-8-6-17(4-5-17)7-9-26)23-16-25-24-14(28-16)13-3-2-12(10-22-13)18(19,20)21/h2-3,10-11H,4-9H2,1H3,(H,23,25)/t11-/m0/s1. The van der Waals surface area contributed by atoms with Crippen molar-refractivity contribution in [3.8, 4) is 11.6 Å². The lowest BCUT2D eigenvalue weighted by Crippen LogP contribution is -2.45. The quantitative estimate of drug-likeness (QED) is 0.855. The van der Waals surface area contributed by atoms with Crippen LogP contribution >= 0.6 is 0 Å². The largest absolute Gasteiger partial charge is 0.417 e. The van der Waals surface area contributed by atoms with Gasteiger partial charge in [-0.05, 0) is 50.2 Å². The third-order valence-corrected chi connectivity index (χ3v) is 5.54. The van der Waals surface area contributed by atoms with E-state index in [4.69, 9.17) is 4.42 Å². The molecule has 2 fully saturated rings. The van der Waals surface area contributed by atoms with Crippen LogP contribution in [0.1, 0.15) is 38.2 Å². The lowest BCUT2D eigenvalue weighted by molar-refractivity contribution is -0.137. The number of hydrogen-bond acceptors (Lipinski definition) is 6. The number of pyridine rings is 1. The minimum absolute atomic E-state index is 0.0215. The van der Waals surface area contributed by atoms with E-state index in [9.17, 15) is 18.0 Å². The van der Waals surface area contributed by atoms with Gasteiger partial charge in [0.15, 0.2) is 0 Å². The first-order valence-corrected chi connectivity index (χ1v) is 9.18. The Balaban J connectivity index is 1.37. The molecule has 3 heterocycles. The normalized spacial score (nSPS) is 19.5. The van der Waals surface area contributed by atoms with Crippen LogP contribution in [0.2, 0.25) is 0 Å². The highest BCUT2D eigenvalue weighted by Gasteiger charge is 2.45. The molecule has 2 aromatic heterocycles. The Bertz CT molecular complexity index is 851. The van der Waals surface area contributed by atoms with Crippen LogP contribution in [0.4, 0.5) is 19.2 Å². The second-order valence-corrected chi connectivity index (χ2v) is 7.53. The molecular formula is C18H20F3N5O2. The third kappa shape index (κ3) is 3.81. The summed E-state index contributed by atoms with van der Waals surface area (Å²) < 4.78 is 43.2. The van der Waals surface area contributed by atoms with Crippen molar-refractivity contribution in [2.45, 2.75) is 44.8 Å². The van der Waals surface area contributed by atoms with E-state index in [0.717, 1.165) is 38.1 Å². The molecule has 28 heavy (non-hydrogen) atoms. The van der Waals surface area contributed by atoms with Gasteiger partial charge < -0.3 is 14.6 Å². The van der Waals surface area contributed by atoms with Crippen LogP contribution in [0.3, 0.4) is 0 Å². The zero-order valence-corrected chi connectivity index (χ0v) is 15.3. The summed E-state index contributed by atoms with van der Waals surface area (Å²) in [5.74, 6) is -0.0626. The van der Waals surface area contributed by atoms with Gasteiger partial charge in [0.2, 0.25) is 5.91 Å². The predicted molar refractivity (Wildman–Crippen MR) is 93.1 cm³/mol. The molecule has 7 nitrogen and oxygen atoms in total. The van der Waals surface area contributed by atoms with Gasteiger partial charge in [0.1, 0.15) is 11.7 Å². The van der Waals surface area contributed by atoms with Crippen molar-refractivity contribution < 1.29 is 22.4 Å². The highest BCUT2D eigenvalue weighted by Crippen LogP contribution is 2.53. The fraction of sp³-hybridized carbons (Fsp3) is 0.556. The first-order chi connectivity index (χ1) is 13.3. The Morgan fingerprint density at radius 2 is 1.93 bits per heavy atom. The molecule has 1 aliphatic heterocycles. The monoisotopic (exact) mass is 395 g/mol. The molecule has 0 bridgehead atoms. The summed E-state index contributed by atoms with van der Waals surface area (Å²) in [5, 5.41) is 10.4. The number of alkyl halides is 3. The van der Waals surface area contributed by atoms with Gasteiger partial charge in [-0.15, -0.1) is 5.10 Å². The molecule has 1 aliphatic carbocycles. The minimum Gasteiger partial charge on any atom is -0.402 e. The van der Waals surface area contributed by atoms with Crippen LogP contribution in [-0.2, 0) is 11.0 Å². The van der Waals surface area contributed by atoms with Crippen LogP contribution in [0.25, 0.3) is 11.6 Å². The molecule has 1 spiro atoms. The molecule has 1 saturated heterocycles. The predicted octanol–water partition coefficient (Wildman–Crippen LogP) is 3.35. The number of amides is 1. The first kappa shape index (κ1) is 18.7. The van der Waals surface area contributed by atoms with Crippen molar-refractivity contribution in [3.05, 3.63) is 23.9 Å². The molecule has 2 aliphatic rings. The summed E-state index contributed by atoms with van der Waals surface area (Å²) in [7, 11) is 0. The second-order valence-electron chi connectivity index (χ2n) is 7.53. The summed E-state index contributed by atoms with van der Waals surface area (Å²) in [4.78, 5) is 18.2. The lowest BCUT2D eigenvalue weighted by atomic mass is 9.93. The molecule has 0 unspecified atom stereocenters. The van der Waals surface area contributed by atoms with Gasteiger partial charge in [0, 0.05) is 19.3 Å². The molecule has 1 amide bonds. The Morgan fingerprint density at radius 1 is 1.21 bits per heavy atom. The summed E-state index contributed by atoms with van der Waals surface area (Å²) in [6, 6.07) is 1.53. The highest BCUT2D eigenvalue weighted by molar-refractivity contribution is 5.83. The third-order valence-electron chi connectivity index (χ3n) is 5.54. The summed E-state index contributed by atoms with van der Waals surface area (Å²) >= 11 is 0. The number of nitrogens with one attached hydrogen (secondary N) is 1. The molecule has 1 saturated carbocycles. The van der Waals surface area contributed by atoms with Gasteiger partial charge in [-0.25, -0.2) is 0 Å². The van der Waals surface area contributed by atoms with E-state index >= 15 is 0 Å². The Kier molecular flexibility index (Phi) is 4.51. The van der Waals surface area contributed by atoms with E-state index in [1.165, 1.54) is 12.8 Å². The minimum atomic E-state index is -4.46. The number of aromatic nitrogens is 3. The number of hydrogen-bond donors (Lipinski definition) is 1.